The van der Waals surface area contributed by atoms with Crippen molar-refractivity contribution in [1.29, 1.82) is 0 Å². The van der Waals surface area contributed by atoms with Gasteiger partial charge >= 0.3 is 0 Å². The molecule has 0 amide bonds. The van der Waals surface area contributed by atoms with Gasteiger partial charge in [0, 0.05) is 0 Å². The molecule has 0 atom stereocenters. The molecule has 2 nitrogen and oxygen atoms in total. The summed E-state index contributed by atoms with van der Waals surface area (Å²) in [6, 6.07) is 6.81. The van der Waals surface area contributed by atoms with Crippen LogP contribution >= 0.6 is 0 Å². The minimum atomic E-state index is -3.14. The van der Waals surface area contributed by atoms with Crippen LogP contribution in [-0.2, 0) is 9.84 Å². The van der Waals surface area contributed by atoms with Gasteiger partial charge in [-0.05, 0) is 26.0 Å². The molecule has 0 saturated heterocycles. The smallest absolute Gasteiger partial charge is 0.182 e. The highest BCUT2D eigenvalue weighted by molar-refractivity contribution is 7.93. The Morgan fingerprint density at radius 3 is 2.08 bits per heavy atom. The quantitative estimate of drug-likeness (QED) is 0.702. The van der Waals surface area contributed by atoms with Crippen molar-refractivity contribution < 1.29 is 8.42 Å². The molecule has 0 saturated carbocycles. The van der Waals surface area contributed by atoms with Crippen LogP contribution in [-0.4, -0.2) is 8.42 Å². The summed E-state index contributed by atoms with van der Waals surface area (Å²) in [6.45, 7) is 3.45. The third-order valence-corrected chi connectivity index (χ3v) is 3.21. The topological polar surface area (TPSA) is 34.1 Å². The van der Waals surface area contributed by atoms with E-state index >= 15 is 0 Å². The van der Waals surface area contributed by atoms with Gasteiger partial charge in [0.1, 0.15) is 0 Å². The van der Waals surface area contributed by atoms with Gasteiger partial charge in [-0.25, -0.2) is 8.42 Å². The SMILES string of the molecule is C[CH]S(=O)(=O)c1ccc(C)cc1. The number of aryl methyl sites for hydroxylation is 1. The molecule has 0 N–H and O–H groups in total. The zero-order chi connectivity index (χ0) is 9.19. The normalized spacial score (nSPS) is 11.5. The first-order chi connectivity index (χ1) is 5.56. The molecule has 0 heterocycles. The fourth-order valence-electron chi connectivity index (χ4n) is 0.864. The molecule has 1 radical (unpaired) electrons. The Morgan fingerprint density at radius 1 is 1.17 bits per heavy atom. The van der Waals surface area contributed by atoms with Crippen molar-refractivity contribution in [1.82, 2.24) is 0 Å². The highest BCUT2D eigenvalue weighted by Crippen LogP contribution is 2.13. The van der Waals surface area contributed by atoms with Gasteiger partial charge in [-0.3, -0.25) is 0 Å². The van der Waals surface area contributed by atoms with Gasteiger partial charge in [0.05, 0.1) is 10.6 Å². The van der Waals surface area contributed by atoms with Crippen LogP contribution in [0, 0.1) is 12.7 Å². The van der Waals surface area contributed by atoms with Crippen molar-refractivity contribution in [3.63, 3.8) is 0 Å². The maximum Gasteiger partial charge on any atom is 0.182 e. The summed E-state index contributed by atoms with van der Waals surface area (Å²) >= 11 is 0. The molecule has 0 aliphatic carbocycles. The Bertz CT molecular complexity index is 349. The predicted octanol–water partition coefficient (Wildman–Crippen LogP) is 1.95. The van der Waals surface area contributed by atoms with E-state index in [0.29, 0.717) is 4.90 Å². The van der Waals surface area contributed by atoms with Crippen LogP contribution < -0.4 is 0 Å². The Morgan fingerprint density at radius 2 is 1.67 bits per heavy atom. The van der Waals surface area contributed by atoms with Gasteiger partial charge in [-0.15, -0.1) is 0 Å². The van der Waals surface area contributed by atoms with Crippen LogP contribution in [0.3, 0.4) is 0 Å². The molecular weight excluding hydrogens is 172 g/mol. The molecule has 65 valence electrons. The molecule has 3 heteroatoms. The summed E-state index contributed by atoms with van der Waals surface area (Å²) in [5, 5.41) is 0. The first-order valence-corrected chi connectivity index (χ1v) is 5.22. The van der Waals surface area contributed by atoms with Gasteiger partial charge < -0.3 is 0 Å². The Labute approximate surface area is 73.2 Å². The average Bonchev–Trinajstić information content (AvgIpc) is 2.05. The summed E-state index contributed by atoms with van der Waals surface area (Å²) < 4.78 is 22.5. The van der Waals surface area contributed by atoms with Crippen molar-refractivity contribution in [2.45, 2.75) is 18.7 Å². The largest absolute Gasteiger partial charge is 0.223 e. The van der Waals surface area contributed by atoms with Crippen molar-refractivity contribution in [2.24, 2.45) is 0 Å². The van der Waals surface area contributed by atoms with Crippen LogP contribution in [0.25, 0.3) is 0 Å². The molecule has 0 unspecified atom stereocenters. The molecule has 1 aromatic rings. The van der Waals surface area contributed by atoms with Crippen LogP contribution in [0.15, 0.2) is 29.2 Å². The van der Waals surface area contributed by atoms with E-state index in [9.17, 15) is 8.42 Å². The van der Waals surface area contributed by atoms with Crippen LogP contribution in [0.5, 0.6) is 0 Å². The molecule has 1 rings (SSSR count). The molecule has 0 aliphatic heterocycles. The molecule has 0 bridgehead atoms. The van der Waals surface area contributed by atoms with E-state index in [2.05, 4.69) is 0 Å². The van der Waals surface area contributed by atoms with E-state index in [-0.39, 0.29) is 0 Å². The Hall–Kier alpha value is -0.830. The number of hydrogen-bond acceptors (Lipinski definition) is 2. The highest BCUT2D eigenvalue weighted by Gasteiger charge is 2.10. The van der Waals surface area contributed by atoms with Gasteiger partial charge in [0.15, 0.2) is 9.84 Å². The minimum absolute atomic E-state index is 0.357. The van der Waals surface area contributed by atoms with E-state index in [1.54, 1.807) is 24.3 Å². The lowest BCUT2D eigenvalue weighted by Gasteiger charge is -1.99. The first kappa shape index (κ1) is 9.26. The van der Waals surface area contributed by atoms with Crippen LogP contribution in [0.1, 0.15) is 12.5 Å². The lowest BCUT2D eigenvalue weighted by molar-refractivity contribution is 0.601. The maximum absolute atomic E-state index is 11.3. The lowest BCUT2D eigenvalue weighted by Crippen LogP contribution is -1.98. The molecule has 0 spiro atoms. The molecule has 12 heavy (non-hydrogen) atoms. The summed E-state index contributed by atoms with van der Waals surface area (Å²) in [5.41, 5.74) is 1.06. The van der Waals surface area contributed by atoms with Crippen molar-refractivity contribution in [2.75, 3.05) is 0 Å². The highest BCUT2D eigenvalue weighted by atomic mass is 32.2. The third kappa shape index (κ3) is 1.85. The monoisotopic (exact) mass is 183 g/mol. The average molecular weight is 183 g/mol. The van der Waals surface area contributed by atoms with Gasteiger partial charge in [-0.2, -0.15) is 0 Å². The summed E-state index contributed by atoms with van der Waals surface area (Å²) in [6.07, 6.45) is 0. The van der Waals surface area contributed by atoms with E-state index in [0.717, 1.165) is 5.56 Å². The number of rotatable bonds is 2. The second-order valence-corrected chi connectivity index (χ2v) is 4.63. The number of hydrogen-bond donors (Lipinski definition) is 0. The molecule has 0 aromatic heterocycles. The second kappa shape index (κ2) is 3.27. The summed E-state index contributed by atoms with van der Waals surface area (Å²) in [7, 11) is -3.14. The standard InChI is InChI=1S/C9H11O2S/c1-3-12(10,11)9-6-4-8(2)5-7-9/h3-7H,1-2H3. The van der Waals surface area contributed by atoms with Gasteiger partial charge in [-0.1, -0.05) is 17.7 Å². The summed E-state index contributed by atoms with van der Waals surface area (Å²) in [5.74, 6) is 1.21. The fourth-order valence-corrected chi connectivity index (χ4v) is 1.65. The minimum Gasteiger partial charge on any atom is -0.223 e. The zero-order valence-corrected chi connectivity index (χ0v) is 7.93. The molecule has 0 aliphatic rings. The van der Waals surface area contributed by atoms with E-state index < -0.39 is 9.84 Å². The molecular formula is C9H11O2S. The van der Waals surface area contributed by atoms with Crippen molar-refractivity contribution in [3.8, 4) is 0 Å². The second-order valence-electron chi connectivity index (χ2n) is 2.59. The lowest BCUT2D eigenvalue weighted by atomic mass is 10.2. The van der Waals surface area contributed by atoms with Crippen molar-refractivity contribution >= 4 is 9.84 Å². The first-order valence-electron chi connectivity index (χ1n) is 3.67. The van der Waals surface area contributed by atoms with E-state index in [1.165, 1.54) is 12.7 Å². The molecule has 0 fully saturated rings. The predicted molar refractivity (Wildman–Crippen MR) is 48.3 cm³/mol. The Kier molecular flexibility index (Phi) is 2.52. The van der Waals surface area contributed by atoms with Gasteiger partial charge in [0.25, 0.3) is 0 Å². The zero-order valence-electron chi connectivity index (χ0n) is 7.11. The maximum atomic E-state index is 11.3. The number of benzene rings is 1. The van der Waals surface area contributed by atoms with Crippen LogP contribution in [0.2, 0.25) is 0 Å². The Balaban J connectivity index is 3.14. The van der Waals surface area contributed by atoms with E-state index in [4.69, 9.17) is 0 Å². The fraction of sp³-hybridized carbons (Fsp3) is 0.222. The third-order valence-electron chi connectivity index (χ3n) is 1.66. The van der Waals surface area contributed by atoms with Crippen LogP contribution in [0.4, 0.5) is 0 Å². The summed E-state index contributed by atoms with van der Waals surface area (Å²) in [4.78, 5) is 0.357. The van der Waals surface area contributed by atoms with Gasteiger partial charge in [0.2, 0.25) is 0 Å². The van der Waals surface area contributed by atoms with E-state index in [1.807, 2.05) is 6.92 Å². The van der Waals surface area contributed by atoms with Crippen molar-refractivity contribution in [3.05, 3.63) is 35.6 Å². The number of sulfone groups is 1. The molecule has 1 aromatic carbocycles.